The van der Waals surface area contributed by atoms with Crippen LogP contribution in [0.5, 0.6) is 0 Å². The number of rotatable bonds is 3. The third-order valence-corrected chi connectivity index (χ3v) is 3.89. The number of benzene rings is 2. The predicted molar refractivity (Wildman–Crippen MR) is 83.9 cm³/mol. The highest BCUT2D eigenvalue weighted by Crippen LogP contribution is 2.22. The first-order valence-electron chi connectivity index (χ1n) is 5.51. The molecule has 0 spiro atoms. The lowest BCUT2D eigenvalue weighted by molar-refractivity contribution is 0.593. The molecule has 0 aliphatic rings. The minimum atomic E-state index is -0.209. The van der Waals surface area contributed by atoms with Crippen LogP contribution < -0.4 is 5.73 Å². The molecule has 0 amide bonds. The SMILES string of the molecule is NC(Cc1cc(Br)ccc1F)c1cccc(I)c1. The lowest BCUT2D eigenvalue weighted by Crippen LogP contribution is -2.14. The summed E-state index contributed by atoms with van der Waals surface area (Å²) in [5.41, 5.74) is 7.79. The molecule has 0 radical (unpaired) electrons. The molecule has 2 aromatic carbocycles. The Morgan fingerprint density at radius 3 is 2.72 bits per heavy atom. The highest BCUT2D eigenvalue weighted by Gasteiger charge is 2.11. The molecule has 0 aromatic heterocycles. The van der Waals surface area contributed by atoms with Crippen LogP contribution in [0.2, 0.25) is 0 Å². The molecule has 2 rings (SSSR count). The molecule has 0 aliphatic carbocycles. The number of halogens is 3. The molecular weight excluding hydrogens is 408 g/mol. The fraction of sp³-hybridized carbons (Fsp3) is 0.143. The first-order chi connectivity index (χ1) is 8.56. The van der Waals surface area contributed by atoms with Crippen molar-refractivity contribution in [2.75, 3.05) is 0 Å². The predicted octanol–water partition coefficient (Wildman–Crippen LogP) is 4.44. The van der Waals surface area contributed by atoms with Gasteiger partial charge >= 0.3 is 0 Å². The topological polar surface area (TPSA) is 26.0 Å². The van der Waals surface area contributed by atoms with Crippen molar-refractivity contribution >= 4 is 38.5 Å². The van der Waals surface area contributed by atoms with Crippen LogP contribution in [-0.2, 0) is 6.42 Å². The first kappa shape index (κ1) is 14.0. The van der Waals surface area contributed by atoms with E-state index in [0.29, 0.717) is 12.0 Å². The van der Waals surface area contributed by atoms with Gasteiger partial charge in [-0.15, -0.1) is 0 Å². The summed E-state index contributed by atoms with van der Waals surface area (Å²) in [6.07, 6.45) is 0.491. The van der Waals surface area contributed by atoms with Gasteiger partial charge in [-0.25, -0.2) is 4.39 Å². The summed E-state index contributed by atoms with van der Waals surface area (Å²) in [5, 5.41) is 0. The second-order valence-electron chi connectivity index (χ2n) is 4.10. The van der Waals surface area contributed by atoms with Crippen molar-refractivity contribution in [3.8, 4) is 0 Å². The van der Waals surface area contributed by atoms with Crippen LogP contribution in [-0.4, -0.2) is 0 Å². The van der Waals surface area contributed by atoms with Gasteiger partial charge in [-0.05, 0) is 70.5 Å². The zero-order chi connectivity index (χ0) is 13.1. The van der Waals surface area contributed by atoms with E-state index < -0.39 is 0 Å². The average Bonchev–Trinajstić information content (AvgIpc) is 2.34. The third kappa shape index (κ3) is 3.52. The summed E-state index contributed by atoms with van der Waals surface area (Å²) in [4.78, 5) is 0. The zero-order valence-corrected chi connectivity index (χ0v) is 13.3. The molecule has 0 saturated heterocycles. The Kier molecular flexibility index (Phi) is 4.75. The van der Waals surface area contributed by atoms with E-state index in [9.17, 15) is 4.39 Å². The van der Waals surface area contributed by atoms with E-state index in [1.54, 1.807) is 12.1 Å². The summed E-state index contributed by atoms with van der Waals surface area (Å²) < 4.78 is 15.7. The largest absolute Gasteiger partial charge is 0.324 e. The second-order valence-corrected chi connectivity index (χ2v) is 6.26. The summed E-state index contributed by atoms with van der Waals surface area (Å²) in [7, 11) is 0. The normalized spacial score (nSPS) is 12.4. The molecule has 4 heteroatoms. The summed E-state index contributed by atoms with van der Waals surface area (Å²) in [6, 6.07) is 12.7. The van der Waals surface area contributed by atoms with Crippen molar-refractivity contribution in [3.05, 3.63) is 67.5 Å². The van der Waals surface area contributed by atoms with Gasteiger partial charge in [0.05, 0.1) is 0 Å². The van der Waals surface area contributed by atoms with E-state index in [0.717, 1.165) is 13.6 Å². The van der Waals surface area contributed by atoms with Gasteiger partial charge in [0.1, 0.15) is 5.82 Å². The van der Waals surface area contributed by atoms with Gasteiger partial charge in [0.15, 0.2) is 0 Å². The molecule has 1 unspecified atom stereocenters. The van der Waals surface area contributed by atoms with Gasteiger partial charge in [0.25, 0.3) is 0 Å². The minimum Gasteiger partial charge on any atom is -0.324 e. The summed E-state index contributed by atoms with van der Waals surface area (Å²) >= 11 is 5.59. The van der Waals surface area contributed by atoms with Crippen LogP contribution in [0.15, 0.2) is 46.9 Å². The lowest BCUT2D eigenvalue weighted by atomic mass is 9.99. The minimum absolute atomic E-state index is 0.191. The summed E-state index contributed by atoms with van der Waals surface area (Å²) in [6.45, 7) is 0. The molecular formula is C14H12BrFIN. The Morgan fingerprint density at radius 2 is 2.00 bits per heavy atom. The molecule has 1 atom stereocenters. The van der Waals surface area contributed by atoms with Crippen molar-refractivity contribution in [3.63, 3.8) is 0 Å². The monoisotopic (exact) mass is 419 g/mol. The van der Waals surface area contributed by atoms with E-state index in [2.05, 4.69) is 38.5 Å². The lowest BCUT2D eigenvalue weighted by Gasteiger charge is -2.13. The maximum Gasteiger partial charge on any atom is 0.126 e. The molecule has 1 nitrogen and oxygen atoms in total. The molecule has 18 heavy (non-hydrogen) atoms. The van der Waals surface area contributed by atoms with Crippen molar-refractivity contribution < 1.29 is 4.39 Å². The van der Waals surface area contributed by atoms with Crippen molar-refractivity contribution in [2.45, 2.75) is 12.5 Å². The molecule has 0 saturated carbocycles. The van der Waals surface area contributed by atoms with Gasteiger partial charge in [0, 0.05) is 14.1 Å². The maximum atomic E-state index is 13.6. The highest BCUT2D eigenvalue weighted by atomic mass is 127. The van der Waals surface area contributed by atoms with Crippen LogP contribution >= 0.6 is 38.5 Å². The molecule has 94 valence electrons. The molecule has 2 aromatic rings. The average molecular weight is 420 g/mol. The fourth-order valence-corrected chi connectivity index (χ4v) is 2.77. The van der Waals surface area contributed by atoms with E-state index >= 15 is 0 Å². The second kappa shape index (κ2) is 6.12. The quantitative estimate of drug-likeness (QED) is 0.731. The standard InChI is InChI=1S/C14H12BrFIN/c15-11-4-5-13(16)10(6-11)8-14(18)9-2-1-3-12(17)7-9/h1-7,14H,8,18H2. The van der Waals surface area contributed by atoms with Gasteiger partial charge < -0.3 is 5.73 Å². The molecule has 0 bridgehead atoms. The van der Waals surface area contributed by atoms with Gasteiger partial charge in [-0.3, -0.25) is 0 Å². The Morgan fingerprint density at radius 1 is 1.22 bits per heavy atom. The van der Waals surface area contributed by atoms with E-state index in [1.165, 1.54) is 6.07 Å². The van der Waals surface area contributed by atoms with E-state index in [1.807, 2.05) is 24.3 Å². The number of hydrogen-bond donors (Lipinski definition) is 1. The van der Waals surface area contributed by atoms with Crippen molar-refractivity contribution in [1.82, 2.24) is 0 Å². The Balaban J connectivity index is 2.21. The fourth-order valence-electron chi connectivity index (χ4n) is 1.79. The van der Waals surface area contributed by atoms with Crippen LogP contribution in [0, 0.1) is 9.39 Å². The van der Waals surface area contributed by atoms with Crippen LogP contribution in [0.25, 0.3) is 0 Å². The zero-order valence-electron chi connectivity index (χ0n) is 9.54. The maximum absolute atomic E-state index is 13.6. The number of hydrogen-bond acceptors (Lipinski definition) is 1. The number of nitrogens with two attached hydrogens (primary N) is 1. The first-order valence-corrected chi connectivity index (χ1v) is 7.38. The van der Waals surface area contributed by atoms with Crippen molar-refractivity contribution in [1.29, 1.82) is 0 Å². The molecule has 0 aliphatic heterocycles. The Labute approximate surface area is 128 Å². The third-order valence-electron chi connectivity index (χ3n) is 2.72. The van der Waals surface area contributed by atoms with Crippen LogP contribution in [0.4, 0.5) is 4.39 Å². The van der Waals surface area contributed by atoms with Gasteiger partial charge in [-0.1, -0.05) is 28.1 Å². The smallest absolute Gasteiger partial charge is 0.126 e. The van der Waals surface area contributed by atoms with E-state index in [4.69, 9.17) is 5.73 Å². The van der Waals surface area contributed by atoms with Crippen LogP contribution in [0.1, 0.15) is 17.2 Å². The van der Waals surface area contributed by atoms with Gasteiger partial charge in [-0.2, -0.15) is 0 Å². The summed E-state index contributed by atoms with van der Waals surface area (Å²) in [5.74, 6) is -0.209. The van der Waals surface area contributed by atoms with Crippen LogP contribution in [0.3, 0.4) is 0 Å². The Hall–Kier alpha value is -0.460. The van der Waals surface area contributed by atoms with E-state index in [-0.39, 0.29) is 11.9 Å². The molecule has 0 fully saturated rings. The Bertz CT molecular complexity index is 559. The molecule has 2 N–H and O–H groups in total. The van der Waals surface area contributed by atoms with Gasteiger partial charge in [0.2, 0.25) is 0 Å². The molecule has 0 heterocycles. The highest BCUT2D eigenvalue weighted by molar-refractivity contribution is 14.1. The van der Waals surface area contributed by atoms with Crippen molar-refractivity contribution in [2.24, 2.45) is 5.73 Å².